The lowest BCUT2D eigenvalue weighted by Gasteiger charge is -1.82. The van der Waals surface area contributed by atoms with Crippen LogP contribution in [0.1, 0.15) is 0 Å². The largest absolute Gasteiger partial charge is 0.589 e. The van der Waals surface area contributed by atoms with E-state index in [1.54, 1.807) is 0 Å². The van der Waals surface area contributed by atoms with Gasteiger partial charge < -0.3 is 4.55 Å². The molecule has 0 aromatic heterocycles. The molecule has 0 bridgehead atoms. The summed E-state index contributed by atoms with van der Waals surface area (Å²) in [5.41, 5.74) is 15.1. The van der Waals surface area contributed by atoms with Gasteiger partial charge in [-0.15, -0.1) is 0 Å². The van der Waals surface area contributed by atoms with Crippen LogP contribution in [0.4, 0.5) is 0 Å². The van der Waals surface area contributed by atoms with Crippen molar-refractivity contribution >= 4 is 11.5 Å². The smallest absolute Gasteiger partial charge is 0.200 e. The van der Waals surface area contributed by atoms with Crippen molar-refractivity contribution in [2.75, 3.05) is 0 Å². The summed E-state index contributed by atoms with van der Waals surface area (Å²) in [6.07, 6.45) is 0. The van der Waals surface area contributed by atoms with Crippen molar-refractivity contribution in [2.45, 2.75) is 0 Å². The number of rotatable bonds is 2. The first kappa shape index (κ1) is 6.93. The Bertz CT molecular complexity index is 132. The van der Waals surface area contributed by atoms with Crippen LogP contribution in [0.5, 0.6) is 0 Å². The average molecular weight is 132 g/mol. The number of nitrogens with zero attached hydrogens (tertiary/aromatic N) is 6. The minimum absolute atomic E-state index is 2.10. The SMILES string of the molecule is [N-]=[N+]=N[S+]([O-])N=[N+]=[N-]. The van der Waals surface area contributed by atoms with Gasteiger partial charge in [0.25, 0.3) is 0 Å². The van der Waals surface area contributed by atoms with E-state index in [1.165, 1.54) is 0 Å². The third-order valence-electron chi connectivity index (χ3n) is 0.213. The van der Waals surface area contributed by atoms with Gasteiger partial charge in [-0.25, -0.2) is 0 Å². The Morgan fingerprint density at radius 1 is 1.25 bits per heavy atom. The van der Waals surface area contributed by atoms with Crippen LogP contribution in [0.25, 0.3) is 20.9 Å². The van der Waals surface area contributed by atoms with Gasteiger partial charge in [0.1, 0.15) is 9.04 Å². The summed E-state index contributed by atoms with van der Waals surface area (Å²) in [5.74, 6) is 0. The summed E-state index contributed by atoms with van der Waals surface area (Å²) < 4.78 is 15.0. The fourth-order valence-electron chi connectivity index (χ4n) is 0.0788. The maximum absolute atomic E-state index is 9.91. The molecule has 0 aromatic carbocycles. The highest BCUT2D eigenvalue weighted by molar-refractivity contribution is 7.88. The molecular formula is N6OS. The zero-order chi connectivity index (χ0) is 6.41. The van der Waals surface area contributed by atoms with Gasteiger partial charge in [-0.2, -0.15) is 0 Å². The lowest BCUT2D eigenvalue weighted by molar-refractivity contribution is 0.597. The van der Waals surface area contributed by atoms with Crippen molar-refractivity contribution in [3.8, 4) is 0 Å². The molecule has 0 aromatic rings. The predicted octanol–water partition coefficient (Wildman–Crippen LogP) is 1.19. The molecule has 0 aliphatic rings. The van der Waals surface area contributed by atoms with Crippen molar-refractivity contribution in [2.24, 2.45) is 9.04 Å². The van der Waals surface area contributed by atoms with Gasteiger partial charge >= 0.3 is 0 Å². The molecule has 0 unspecified atom stereocenters. The third-order valence-corrected chi connectivity index (χ3v) is 0.638. The minimum Gasteiger partial charge on any atom is -0.589 e. The van der Waals surface area contributed by atoms with Crippen LogP contribution in [-0.2, 0) is 11.5 Å². The van der Waals surface area contributed by atoms with E-state index in [-0.39, 0.29) is 0 Å². The summed E-state index contributed by atoms with van der Waals surface area (Å²) in [6.45, 7) is 0. The second-order valence-corrected chi connectivity index (χ2v) is 1.36. The molecule has 8 heteroatoms. The molecule has 7 nitrogen and oxygen atoms in total. The number of hydrogen-bond donors (Lipinski definition) is 0. The fourth-order valence-corrected chi connectivity index (χ4v) is 0.236. The summed E-state index contributed by atoms with van der Waals surface area (Å²) in [4.78, 5) is 4.23. The molecule has 0 amide bonds. The van der Waals surface area contributed by atoms with Gasteiger partial charge in [0.05, 0.1) is 0 Å². The Kier molecular flexibility index (Phi) is 3.55. The molecule has 0 saturated carbocycles. The van der Waals surface area contributed by atoms with Crippen LogP contribution in [-0.4, -0.2) is 4.55 Å². The fraction of sp³-hybridized carbons (Fsp3) is 0. The van der Waals surface area contributed by atoms with Crippen LogP contribution in [0.15, 0.2) is 9.04 Å². The summed E-state index contributed by atoms with van der Waals surface area (Å²) >= 11 is -2.10. The first-order valence-corrected chi connectivity index (χ1v) is 2.40. The Balaban J connectivity index is 3.82. The zero-order valence-electron chi connectivity index (χ0n) is 3.50. The van der Waals surface area contributed by atoms with Crippen molar-refractivity contribution in [1.82, 2.24) is 0 Å². The van der Waals surface area contributed by atoms with E-state index in [0.717, 1.165) is 0 Å². The Labute approximate surface area is 47.0 Å². The molecule has 0 rings (SSSR count). The highest BCUT2D eigenvalue weighted by atomic mass is 32.2. The standard InChI is InChI=1S/N6OS/c1-3-5-8(7)6-4-2. The Morgan fingerprint density at radius 2 is 1.62 bits per heavy atom. The maximum Gasteiger partial charge on any atom is 0.200 e. The van der Waals surface area contributed by atoms with Gasteiger partial charge in [0.15, 0.2) is 0 Å². The number of hydrogen-bond acceptors (Lipinski definition) is 3. The van der Waals surface area contributed by atoms with E-state index in [0.29, 0.717) is 0 Å². The monoisotopic (exact) mass is 132 g/mol. The minimum atomic E-state index is -2.10. The molecule has 8 heavy (non-hydrogen) atoms. The van der Waals surface area contributed by atoms with Gasteiger partial charge in [-0.1, -0.05) is 0 Å². The molecule has 0 N–H and O–H groups in total. The second kappa shape index (κ2) is 4.10. The summed E-state index contributed by atoms with van der Waals surface area (Å²) in [7, 11) is 0. The lowest BCUT2D eigenvalue weighted by Crippen LogP contribution is -1.82. The molecule has 0 aliphatic carbocycles. The normalized spacial score (nSPS) is 10.6. The highest BCUT2D eigenvalue weighted by Gasteiger charge is 1.94. The van der Waals surface area contributed by atoms with E-state index in [2.05, 4.69) is 18.9 Å². The van der Waals surface area contributed by atoms with Gasteiger partial charge in [0.2, 0.25) is 11.5 Å². The average Bonchev–Trinajstić information content (AvgIpc) is 1.68. The predicted molar refractivity (Wildman–Crippen MR) is 26.4 cm³/mol. The van der Waals surface area contributed by atoms with Crippen LogP contribution < -0.4 is 0 Å². The summed E-state index contributed by atoms with van der Waals surface area (Å²) in [6, 6.07) is 0. The molecule has 0 spiro atoms. The van der Waals surface area contributed by atoms with Crippen LogP contribution in [0.2, 0.25) is 0 Å². The maximum atomic E-state index is 9.91. The Hall–Kier alpha value is -1.07. The van der Waals surface area contributed by atoms with E-state index in [9.17, 15) is 4.55 Å². The van der Waals surface area contributed by atoms with Crippen molar-refractivity contribution in [3.63, 3.8) is 0 Å². The lowest BCUT2D eigenvalue weighted by atomic mass is 13.0. The molecule has 0 saturated heterocycles. The van der Waals surface area contributed by atoms with Crippen molar-refractivity contribution in [3.05, 3.63) is 20.9 Å². The molecule has 0 atom stereocenters. The van der Waals surface area contributed by atoms with Crippen molar-refractivity contribution in [1.29, 1.82) is 0 Å². The van der Waals surface area contributed by atoms with Crippen LogP contribution in [0.3, 0.4) is 0 Å². The van der Waals surface area contributed by atoms with Gasteiger partial charge in [-0.05, 0) is 0 Å². The van der Waals surface area contributed by atoms with Gasteiger partial charge in [-0.3, -0.25) is 0 Å². The molecule has 42 valence electrons. The topological polar surface area (TPSA) is 121 Å². The van der Waals surface area contributed by atoms with Crippen molar-refractivity contribution < 1.29 is 4.55 Å². The molecule has 0 fully saturated rings. The first-order chi connectivity index (χ1) is 3.81. The van der Waals surface area contributed by atoms with Gasteiger partial charge in [0, 0.05) is 20.9 Å². The van der Waals surface area contributed by atoms with E-state index < -0.39 is 11.5 Å². The highest BCUT2D eigenvalue weighted by Crippen LogP contribution is 1.92. The molecule has 0 heterocycles. The second-order valence-electron chi connectivity index (χ2n) is 0.573. The van der Waals surface area contributed by atoms with E-state index in [4.69, 9.17) is 11.1 Å². The molecule has 0 aliphatic heterocycles. The molecule has 0 radical (unpaired) electrons. The zero-order valence-corrected chi connectivity index (χ0v) is 4.32. The van der Waals surface area contributed by atoms with Crippen LogP contribution >= 0.6 is 0 Å². The first-order valence-electron chi connectivity index (χ1n) is 1.33. The number of azide groups is 1. The van der Waals surface area contributed by atoms with Crippen LogP contribution in [0, 0.1) is 0 Å². The molecular weight excluding hydrogens is 132 g/mol. The van der Waals surface area contributed by atoms with E-state index >= 15 is 0 Å². The Morgan fingerprint density at radius 3 is 1.88 bits per heavy atom. The van der Waals surface area contributed by atoms with E-state index in [1.807, 2.05) is 0 Å². The third kappa shape index (κ3) is 3.13. The quantitative estimate of drug-likeness (QED) is 0.238. The summed E-state index contributed by atoms with van der Waals surface area (Å²) in [5, 5.41) is 0.